The van der Waals surface area contributed by atoms with E-state index in [9.17, 15) is 24.1 Å². The van der Waals surface area contributed by atoms with Crippen LogP contribution in [0.5, 0.6) is 0 Å². The van der Waals surface area contributed by atoms with Gasteiger partial charge in [-0.15, -0.1) is 0 Å². The zero-order valence-corrected chi connectivity index (χ0v) is 5.53. The van der Waals surface area contributed by atoms with E-state index < -0.39 is 22.2 Å². The standard InChI is InChI=1S/C5H2F2N2O3/c6-3-1-8(10)2-4(7)5(3)9(11)12/h1-2H. The maximum absolute atomic E-state index is 12.5. The van der Waals surface area contributed by atoms with Gasteiger partial charge in [-0.2, -0.15) is 13.5 Å². The van der Waals surface area contributed by atoms with Crippen LogP contribution in [0.4, 0.5) is 14.5 Å². The molecule has 0 unspecified atom stereocenters. The van der Waals surface area contributed by atoms with Crippen LogP contribution in [0.2, 0.25) is 0 Å². The lowest BCUT2D eigenvalue weighted by atomic mass is 10.4. The van der Waals surface area contributed by atoms with Crippen LogP contribution >= 0.6 is 0 Å². The molecule has 1 aromatic rings. The van der Waals surface area contributed by atoms with Crippen LogP contribution in [0.3, 0.4) is 0 Å². The highest BCUT2D eigenvalue weighted by molar-refractivity contribution is 5.28. The Kier molecular flexibility index (Phi) is 1.86. The molecule has 1 aromatic heterocycles. The Bertz CT molecular complexity index is 318. The highest BCUT2D eigenvalue weighted by Gasteiger charge is 2.24. The van der Waals surface area contributed by atoms with Crippen molar-refractivity contribution in [2.75, 3.05) is 0 Å². The minimum Gasteiger partial charge on any atom is -0.619 e. The van der Waals surface area contributed by atoms with Crippen LogP contribution in [0, 0.1) is 27.0 Å². The monoisotopic (exact) mass is 176 g/mol. The third kappa shape index (κ3) is 1.29. The van der Waals surface area contributed by atoms with Crippen LogP contribution in [0.15, 0.2) is 12.4 Å². The van der Waals surface area contributed by atoms with Crippen LogP contribution in [0.1, 0.15) is 0 Å². The van der Waals surface area contributed by atoms with Crippen molar-refractivity contribution in [1.29, 1.82) is 0 Å². The van der Waals surface area contributed by atoms with Crippen molar-refractivity contribution in [2.24, 2.45) is 0 Å². The molecule has 1 heterocycles. The van der Waals surface area contributed by atoms with E-state index >= 15 is 0 Å². The molecule has 0 aliphatic carbocycles. The Morgan fingerprint density at radius 2 is 1.75 bits per heavy atom. The first-order valence-corrected chi connectivity index (χ1v) is 2.74. The van der Waals surface area contributed by atoms with E-state index in [4.69, 9.17) is 0 Å². The molecule has 0 bridgehead atoms. The first-order chi connectivity index (χ1) is 5.52. The fraction of sp³-hybridized carbons (Fsp3) is 0. The molecule has 0 N–H and O–H groups in total. The summed E-state index contributed by atoms with van der Waals surface area (Å²) in [6, 6.07) is 0. The van der Waals surface area contributed by atoms with Crippen molar-refractivity contribution in [2.45, 2.75) is 0 Å². The summed E-state index contributed by atoms with van der Waals surface area (Å²) in [5.41, 5.74) is -1.32. The molecule has 5 nitrogen and oxygen atoms in total. The highest BCUT2D eigenvalue weighted by atomic mass is 19.1. The molecule has 0 spiro atoms. The maximum atomic E-state index is 12.5. The Labute approximate surface area is 64.6 Å². The van der Waals surface area contributed by atoms with Gasteiger partial charge in [0, 0.05) is 0 Å². The fourth-order valence-electron chi connectivity index (χ4n) is 0.671. The summed E-state index contributed by atoms with van der Waals surface area (Å²) < 4.78 is 24.7. The summed E-state index contributed by atoms with van der Waals surface area (Å²) in [4.78, 5) is 8.74. The minimum atomic E-state index is -1.49. The molecule has 7 heteroatoms. The number of halogens is 2. The second kappa shape index (κ2) is 2.68. The van der Waals surface area contributed by atoms with E-state index in [2.05, 4.69) is 0 Å². The normalized spacial score (nSPS) is 9.83. The Morgan fingerprint density at radius 3 is 2.08 bits per heavy atom. The van der Waals surface area contributed by atoms with E-state index in [1.54, 1.807) is 0 Å². The molecule has 0 aliphatic heterocycles. The molecule has 1 rings (SSSR count). The molecular formula is C5H2F2N2O3. The predicted octanol–water partition coefficient (Wildman–Crippen LogP) is 0.506. The fourth-order valence-corrected chi connectivity index (χ4v) is 0.671. The third-order valence-corrected chi connectivity index (χ3v) is 1.12. The van der Waals surface area contributed by atoms with Gasteiger partial charge in [0.15, 0.2) is 0 Å². The minimum absolute atomic E-state index is 0.183. The van der Waals surface area contributed by atoms with Gasteiger partial charge in [-0.05, 0) is 0 Å². The smallest absolute Gasteiger partial charge is 0.352 e. The Hall–Kier alpha value is -1.79. The van der Waals surface area contributed by atoms with Gasteiger partial charge in [-0.25, -0.2) is 0 Å². The number of aromatic nitrogens is 1. The number of nitro groups is 1. The largest absolute Gasteiger partial charge is 0.619 e. The van der Waals surface area contributed by atoms with Gasteiger partial charge < -0.3 is 5.21 Å². The molecule has 64 valence electrons. The molecule has 12 heavy (non-hydrogen) atoms. The van der Waals surface area contributed by atoms with Crippen molar-refractivity contribution in [3.63, 3.8) is 0 Å². The molecule has 0 aromatic carbocycles. The number of pyridine rings is 1. The predicted molar refractivity (Wildman–Crippen MR) is 32.0 cm³/mol. The van der Waals surface area contributed by atoms with Gasteiger partial charge in [0.2, 0.25) is 12.4 Å². The number of rotatable bonds is 1. The number of hydrogen-bond donors (Lipinski definition) is 0. The van der Waals surface area contributed by atoms with Crippen molar-refractivity contribution >= 4 is 5.69 Å². The zero-order valence-electron chi connectivity index (χ0n) is 5.53. The summed E-state index contributed by atoms with van der Waals surface area (Å²) >= 11 is 0. The van der Waals surface area contributed by atoms with Gasteiger partial charge in [-0.3, -0.25) is 10.1 Å². The molecule has 0 fully saturated rings. The summed E-state index contributed by atoms with van der Waals surface area (Å²) in [5, 5.41) is 20.3. The van der Waals surface area contributed by atoms with Crippen LogP contribution in [-0.2, 0) is 0 Å². The van der Waals surface area contributed by atoms with E-state index in [-0.39, 0.29) is 17.1 Å². The summed E-state index contributed by atoms with van der Waals surface area (Å²) in [6.45, 7) is 0. The molecular weight excluding hydrogens is 174 g/mol. The maximum Gasteiger partial charge on any atom is 0.352 e. The number of nitrogens with zero attached hydrogens (tertiary/aromatic N) is 2. The molecule has 0 aliphatic rings. The topological polar surface area (TPSA) is 70.1 Å². The van der Waals surface area contributed by atoms with E-state index in [0.717, 1.165) is 0 Å². The second-order valence-electron chi connectivity index (χ2n) is 1.92. The quantitative estimate of drug-likeness (QED) is 0.271. The van der Waals surface area contributed by atoms with Crippen LogP contribution in [0.25, 0.3) is 0 Å². The van der Waals surface area contributed by atoms with Crippen molar-refractivity contribution in [3.8, 4) is 0 Å². The Morgan fingerprint density at radius 1 is 1.33 bits per heavy atom. The molecule has 0 atom stereocenters. The first kappa shape index (κ1) is 8.31. The average Bonchev–Trinajstić information content (AvgIpc) is 1.82. The second-order valence-corrected chi connectivity index (χ2v) is 1.92. The van der Waals surface area contributed by atoms with Crippen molar-refractivity contribution in [3.05, 3.63) is 39.3 Å². The summed E-state index contributed by atoms with van der Waals surface area (Å²) in [7, 11) is 0. The van der Waals surface area contributed by atoms with E-state index in [0.29, 0.717) is 0 Å². The van der Waals surface area contributed by atoms with Gasteiger partial charge in [0.05, 0.1) is 4.92 Å². The molecule has 0 amide bonds. The molecule has 0 radical (unpaired) electrons. The average molecular weight is 176 g/mol. The first-order valence-electron chi connectivity index (χ1n) is 2.74. The lowest BCUT2D eigenvalue weighted by Gasteiger charge is -1.96. The van der Waals surface area contributed by atoms with Crippen molar-refractivity contribution < 1.29 is 18.4 Å². The van der Waals surface area contributed by atoms with E-state index in [1.165, 1.54) is 0 Å². The third-order valence-electron chi connectivity index (χ3n) is 1.12. The van der Waals surface area contributed by atoms with Gasteiger partial charge in [0.1, 0.15) is 0 Å². The highest BCUT2D eigenvalue weighted by Crippen LogP contribution is 2.17. The van der Waals surface area contributed by atoms with Gasteiger partial charge >= 0.3 is 5.69 Å². The SMILES string of the molecule is O=[N+]([O-])c1c(F)c[n+]([O-])cc1F. The summed E-state index contributed by atoms with van der Waals surface area (Å²) in [5.74, 6) is -2.98. The zero-order chi connectivity index (χ0) is 9.30. The van der Waals surface area contributed by atoms with Crippen LogP contribution < -0.4 is 4.73 Å². The lowest BCUT2D eigenvalue weighted by Crippen LogP contribution is -2.27. The molecule has 0 saturated carbocycles. The Balaban J connectivity index is 3.38. The summed E-state index contributed by atoms with van der Waals surface area (Å²) in [6.07, 6.45) is 0.558. The van der Waals surface area contributed by atoms with Gasteiger partial charge in [-0.1, -0.05) is 0 Å². The lowest BCUT2D eigenvalue weighted by molar-refractivity contribution is -0.609. The number of hydrogen-bond acceptors (Lipinski definition) is 3. The van der Waals surface area contributed by atoms with Gasteiger partial charge in [0.25, 0.3) is 11.6 Å². The molecule has 0 saturated heterocycles. The van der Waals surface area contributed by atoms with Crippen LogP contribution in [-0.4, -0.2) is 4.92 Å². The van der Waals surface area contributed by atoms with Crippen molar-refractivity contribution in [1.82, 2.24) is 0 Å². The van der Waals surface area contributed by atoms with E-state index in [1.807, 2.05) is 0 Å².